The Morgan fingerprint density at radius 1 is 0.600 bits per heavy atom. The molecule has 2 aromatic carbocycles. The van der Waals surface area contributed by atoms with E-state index in [0.29, 0.717) is 59.5 Å². The summed E-state index contributed by atoms with van der Waals surface area (Å²) >= 11 is 0. The SMILES string of the molecule is CC(C)N(CCOC(=O)c1ccc2c(c1)C(=O)c1cc(C(=O)OCCN(C(C)C)C(C)C)ccc1-2)C(C)C.Cl.Cl. The molecule has 222 valence electrons. The fraction of sp³-hybridized carbons (Fsp3) is 0.516. The van der Waals surface area contributed by atoms with Crippen molar-refractivity contribution in [3.63, 3.8) is 0 Å². The lowest BCUT2D eigenvalue weighted by Gasteiger charge is -2.30. The lowest BCUT2D eigenvalue weighted by atomic mass is 10.0. The Morgan fingerprint density at radius 3 is 1.23 bits per heavy atom. The maximum Gasteiger partial charge on any atom is 0.338 e. The number of esters is 2. The molecule has 0 aromatic heterocycles. The molecule has 9 heteroatoms. The van der Waals surface area contributed by atoms with E-state index < -0.39 is 11.9 Å². The predicted octanol–water partition coefficient (Wildman–Crippen LogP) is 6.29. The van der Waals surface area contributed by atoms with Gasteiger partial charge < -0.3 is 9.47 Å². The fourth-order valence-electron chi connectivity index (χ4n) is 5.21. The van der Waals surface area contributed by atoms with E-state index in [0.717, 1.165) is 11.1 Å². The number of rotatable bonds is 12. The highest BCUT2D eigenvalue weighted by Crippen LogP contribution is 2.37. The average Bonchev–Trinajstić information content (AvgIpc) is 3.13. The van der Waals surface area contributed by atoms with Crippen LogP contribution in [0.15, 0.2) is 36.4 Å². The third kappa shape index (κ3) is 8.29. The summed E-state index contributed by atoms with van der Waals surface area (Å²) in [4.78, 5) is 43.1. The van der Waals surface area contributed by atoms with Crippen LogP contribution in [-0.4, -0.2) is 78.0 Å². The minimum atomic E-state index is -0.454. The maximum atomic E-state index is 13.2. The van der Waals surface area contributed by atoms with Gasteiger partial charge in [0, 0.05) is 48.4 Å². The van der Waals surface area contributed by atoms with Crippen LogP contribution in [0.2, 0.25) is 0 Å². The Bertz CT molecular complexity index is 1070. The second-order valence-corrected chi connectivity index (χ2v) is 11.0. The molecule has 0 N–H and O–H groups in total. The van der Waals surface area contributed by atoms with Crippen LogP contribution in [0.5, 0.6) is 0 Å². The van der Waals surface area contributed by atoms with Crippen LogP contribution in [0.4, 0.5) is 0 Å². The molecule has 40 heavy (non-hydrogen) atoms. The average molecular weight is 596 g/mol. The van der Waals surface area contributed by atoms with Gasteiger partial charge in [-0.1, -0.05) is 12.1 Å². The number of halogens is 2. The third-order valence-corrected chi connectivity index (χ3v) is 7.11. The minimum absolute atomic E-state index is 0. The summed E-state index contributed by atoms with van der Waals surface area (Å²) in [6.07, 6.45) is 0. The number of hydrogen-bond donors (Lipinski definition) is 0. The summed E-state index contributed by atoms with van der Waals surface area (Å²) in [6, 6.07) is 11.5. The number of ether oxygens (including phenoxy) is 2. The van der Waals surface area contributed by atoms with Gasteiger partial charge in [-0.2, -0.15) is 0 Å². The second kappa shape index (κ2) is 15.5. The minimum Gasteiger partial charge on any atom is -0.461 e. The molecule has 0 aliphatic heterocycles. The molecule has 0 unspecified atom stereocenters. The van der Waals surface area contributed by atoms with Gasteiger partial charge in [0.25, 0.3) is 0 Å². The van der Waals surface area contributed by atoms with E-state index in [2.05, 4.69) is 65.2 Å². The lowest BCUT2D eigenvalue weighted by Crippen LogP contribution is -2.39. The van der Waals surface area contributed by atoms with Crippen molar-refractivity contribution in [3.05, 3.63) is 58.7 Å². The monoisotopic (exact) mass is 594 g/mol. The molecule has 0 amide bonds. The first-order valence-corrected chi connectivity index (χ1v) is 13.6. The molecule has 3 rings (SSSR count). The van der Waals surface area contributed by atoms with Crippen LogP contribution in [0, 0.1) is 0 Å². The van der Waals surface area contributed by atoms with Crippen molar-refractivity contribution < 1.29 is 23.9 Å². The molecule has 0 bridgehead atoms. The molecule has 2 aromatic rings. The molecule has 0 spiro atoms. The van der Waals surface area contributed by atoms with E-state index in [1.807, 2.05) is 0 Å². The topological polar surface area (TPSA) is 76.1 Å². The number of fused-ring (bicyclic) bond motifs is 3. The van der Waals surface area contributed by atoms with Crippen molar-refractivity contribution in [2.45, 2.75) is 79.6 Å². The Labute approximate surface area is 251 Å². The summed E-state index contributed by atoms with van der Waals surface area (Å²) in [5.41, 5.74) is 3.05. The number of ketones is 1. The van der Waals surface area contributed by atoms with Gasteiger partial charge in [-0.05, 0) is 90.8 Å². The third-order valence-electron chi connectivity index (χ3n) is 7.11. The van der Waals surface area contributed by atoms with Gasteiger partial charge >= 0.3 is 11.9 Å². The molecule has 0 atom stereocenters. The van der Waals surface area contributed by atoms with E-state index in [-0.39, 0.29) is 43.8 Å². The zero-order valence-electron chi connectivity index (χ0n) is 24.9. The quantitative estimate of drug-likeness (QED) is 0.228. The van der Waals surface area contributed by atoms with Crippen molar-refractivity contribution in [3.8, 4) is 11.1 Å². The molecule has 0 saturated heterocycles. The van der Waals surface area contributed by atoms with E-state index in [4.69, 9.17) is 9.47 Å². The van der Waals surface area contributed by atoms with Crippen molar-refractivity contribution >= 4 is 42.5 Å². The largest absolute Gasteiger partial charge is 0.461 e. The highest BCUT2D eigenvalue weighted by Gasteiger charge is 2.29. The smallest absolute Gasteiger partial charge is 0.338 e. The van der Waals surface area contributed by atoms with Gasteiger partial charge in [0.2, 0.25) is 0 Å². The molecule has 0 fully saturated rings. The molecule has 0 saturated carbocycles. The first-order chi connectivity index (χ1) is 17.9. The predicted molar refractivity (Wildman–Crippen MR) is 164 cm³/mol. The summed E-state index contributed by atoms with van der Waals surface area (Å²) < 4.78 is 11.0. The summed E-state index contributed by atoms with van der Waals surface area (Å²) in [5.74, 6) is -1.12. The van der Waals surface area contributed by atoms with Crippen molar-refractivity contribution in [1.29, 1.82) is 0 Å². The fourth-order valence-corrected chi connectivity index (χ4v) is 5.21. The Hall–Kier alpha value is -2.45. The summed E-state index contributed by atoms with van der Waals surface area (Å²) in [7, 11) is 0. The molecule has 1 aliphatic rings. The van der Waals surface area contributed by atoms with Crippen LogP contribution in [0.1, 0.15) is 92.0 Å². The van der Waals surface area contributed by atoms with Crippen LogP contribution >= 0.6 is 24.8 Å². The molecule has 0 radical (unpaired) electrons. The first kappa shape index (κ1) is 35.6. The first-order valence-electron chi connectivity index (χ1n) is 13.6. The van der Waals surface area contributed by atoms with Crippen molar-refractivity contribution in [2.75, 3.05) is 26.3 Å². The number of nitrogens with zero attached hydrogens (tertiary/aromatic N) is 2. The van der Waals surface area contributed by atoms with Gasteiger partial charge in [-0.15, -0.1) is 24.8 Å². The zero-order valence-corrected chi connectivity index (χ0v) is 26.5. The molecule has 0 heterocycles. The zero-order chi connectivity index (χ0) is 28.1. The molecule has 7 nitrogen and oxygen atoms in total. The summed E-state index contributed by atoms with van der Waals surface area (Å²) in [5, 5.41) is 0. The van der Waals surface area contributed by atoms with Crippen molar-refractivity contribution in [2.24, 2.45) is 0 Å². The van der Waals surface area contributed by atoms with E-state index in [9.17, 15) is 14.4 Å². The number of carbonyl (C=O) groups excluding carboxylic acids is 3. The van der Waals surface area contributed by atoms with Crippen molar-refractivity contribution in [1.82, 2.24) is 9.80 Å². The maximum absolute atomic E-state index is 13.2. The Kier molecular flexibility index (Phi) is 13.8. The Balaban J connectivity index is 0.00000400. The van der Waals surface area contributed by atoms with Crippen LogP contribution in [-0.2, 0) is 9.47 Å². The van der Waals surface area contributed by atoms with Gasteiger partial charge in [0.05, 0.1) is 11.1 Å². The van der Waals surface area contributed by atoms with Gasteiger partial charge in [0.15, 0.2) is 5.78 Å². The standard InChI is InChI=1S/C31H42N2O5.2ClH/c1-19(2)32(20(3)4)13-15-37-30(35)23-9-11-25-26-12-10-24(18-28(26)29(34)27(25)17-23)31(36)38-16-14-33(21(5)6)22(7)8;;/h9-12,17-22H,13-16H2,1-8H3;2*1H. The molecular weight excluding hydrogens is 551 g/mol. The summed E-state index contributed by atoms with van der Waals surface area (Å²) in [6.45, 7) is 18.8. The normalized spacial score (nSPS) is 12.1. The van der Waals surface area contributed by atoms with E-state index in [1.54, 1.807) is 36.4 Å². The van der Waals surface area contributed by atoms with E-state index in [1.165, 1.54) is 0 Å². The van der Waals surface area contributed by atoms with Crippen LogP contribution < -0.4 is 0 Å². The van der Waals surface area contributed by atoms with E-state index >= 15 is 0 Å². The van der Waals surface area contributed by atoms with Crippen LogP contribution in [0.25, 0.3) is 11.1 Å². The van der Waals surface area contributed by atoms with Gasteiger partial charge in [0.1, 0.15) is 13.2 Å². The lowest BCUT2D eigenvalue weighted by molar-refractivity contribution is 0.0410. The highest BCUT2D eigenvalue weighted by molar-refractivity contribution is 6.22. The van der Waals surface area contributed by atoms with Gasteiger partial charge in [-0.25, -0.2) is 9.59 Å². The second-order valence-electron chi connectivity index (χ2n) is 11.0. The molecular formula is C31H44Cl2N2O5. The number of benzene rings is 2. The highest BCUT2D eigenvalue weighted by atomic mass is 35.5. The van der Waals surface area contributed by atoms with Gasteiger partial charge in [-0.3, -0.25) is 14.6 Å². The molecule has 1 aliphatic carbocycles. The number of carbonyl (C=O) groups is 3. The van der Waals surface area contributed by atoms with Crippen LogP contribution in [0.3, 0.4) is 0 Å². The number of hydrogen-bond acceptors (Lipinski definition) is 7. The Morgan fingerprint density at radius 2 is 0.925 bits per heavy atom.